The number of carbonyl (C=O) groups excluding carboxylic acids is 2. The summed E-state index contributed by atoms with van der Waals surface area (Å²) >= 11 is 0. The van der Waals surface area contributed by atoms with Crippen molar-refractivity contribution in [2.24, 2.45) is 5.10 Å². The maximum absolute atomic E-state index is 12.8. The number of nitrogens with zero attached hydrogens (tertiary/aromatic N) is 1. The Kier molecular flexibility index (Phi) is 4.80. The summed E-state index contributed by atoms with van der Waals surface area (Å²) in [4.78, 5) is 39.3. The molecule has 0 fully saturated rings. The summed E-state index contributed by atoms with van der Waals surface area (Å²) in [6, 6.07) is 8.20. The molecule has 1 aromatic heterocycles. The lowest BCUT2D eigenvalue weighted by atomic mass is 10.0. The molecule has 1 atom stereocenters. The van der Waals surface area contributed by atoms with E-state index in [2.05, 4.69) is 26.1 Å². The molecule has 0 unspecified atom stereocenters. The fourth-order valence-corrected chi connectivity index (χ4v) is 3.32. The molecule has 3 amide bonds. The lowest BCUT2D eigenvalue weighted by molar-refractivity contribution is -0.118. The molecular weight excluding hydrogens is 390 g/mol. The molecule has 4 rings (SSSR count). The number of anilines is 1. The highest BCUT2D eigenvalue weighted by Crippen LogP contribution is 2.27. The Morgan fingerprint density at radius 2 is 1.93 bits per heavy atom. The van der Waals surface area contributed by atoms with Crippen LogP contribution in [-0.4, -0.2) is 45.4 Å². The highest BCUT2D eigenvalue weighted by atomic mass is 16.4. The third-order valence-electron chi connectivity index (χ3n) is 4.68. The van der Waals surface area contributed by atoms with Crippen molar-refractivity contribution in [3.63, 3.8) is 0 Å². The molecule has 0 bridgehead atoms. The van der Waals surface area contributed by atoms with Gasteiger partial charge in [-0.1, -0.05) is 12.1 Å². The topological polar surface area (TPSA) is 156 Å². The van der Waals surface area contributed by atoms with Gasteiger partial charge in [-0.25, -0.2) is 10.2 Å². The van der Waals surface area contributed by atoms with Gasteiger partial charge in [-0.05, 0) is 29.8 Å². The number of aromatic hydroxyl groups is 1. The summed E-state index contributed by atoms with van der Waals surface area (Å²) in [7, 11) is 0. The first kappa shape index (κ1) is 19.0. The largest absolute Gasteiger partial charge is 0.508 e. The van der Waals surface area contributed by atoms with Gasteiger partial charge in [-0.3, -0.25) is 9.59 Å². The Morgan fingerprint density at radius 1 is 1.17 bits per heavy atom. The number of amides is 3. The second kappa shape index (κ2) is 7.59. The van der Waals surface area contributed by atoms with Gasteiger partial charge in [0, 0.05) is 34.8 Å². The van der Waals surface area contributed by atoms with Gasteiger partial charge in [-0.2, -0.15) is 5.10 Å². The molecule has 152 valence electrons. The van der Waals surface area contributed by atoms with Crippen LogP contribution in [-0.2, 0) is 11.2 Å². The fourth-order valence-electron chi connectivity index (χ4n) is 3.32. The number of carboxylic acid groups (broad SMARTS) is 1. The quantitative estimate of drug-likeness (QED) is 0.380. The normalized spacial score (nSPS) is 13.4. The molecule has 0 saturated carbocycles. The van der Waals surface area contributed by atoms with Gasteiger partial charge in [0.25, 0.3) is 5.91 Å². The van der Waals surface area contributed by atoms with Crippen molar-refractivity contribution in [3.8, 4) is 5.75 Å². The molecule has 6 N–H and O–H groups in total. The molecule has 0 aliphatic carbocycles. The van der Waals surface area contributed by atoms with Crippen LogP contribution in [0.25, 0.3) is 10.9 Å². The van der Waals surface area contributed by atoms with Gasteiger partial charge >= 0.3 is 6.09 Å². The van der Waals surface area contributed by atoms with E-state index in [1.54, 1.807) is 24.4 Å². The Hall–Kier alpha value is -4.34. The average Bonchev–Trinajstić information content (AvgIpc) is 3.03. The maximum Gasteiger partial charge on any atom is 0.405 e. The van der Waals surface area contributed by atoms with Crippen LogP contribution in [0.3, 0.4) is 0 Å². The van der Waals surface area contributed by atoms with E-state index in [0.29, 0.717) is 27.7 Å². The molecule has 1 aliphatic rings. The predicted molar refractivity (Wildman–Crippen MR) is 109 cm³/mol. The van der Waals surface area contributed by atoms with E-state index in [4.69, 9.17) is 5.11 Å². The third-order valence-corrected chi connectivity index (χ3v) is 4.68. The molecule has 0 saturated heterocycles. The minimum atomic E-state index is -1.35. The number of hydrogen-bond acceptors (Lipinski definition) is 5. The van der Waals surface area contributed by atoms with Crippen LogP contribution in [0.5, 0.6) is 5.75 Å². The van der Waals surface area contributed by atoms with E-state index in [0.717, 1.165) is 5.56 Å². The van der Waals surface area contributed by atoms with Gasteiger partial charge < -0.3 is 25.8 Å². The molecule has 1 aliphatic heterocycles. The van der Waals surface area contributed by atoms with Crippen molar-refractivity contribution in [1.82, 2.24) is 15.7 Å². The molecular formula is C20H17N5O5. The standard InChI is InChI=1S/C20H17N5O5/c26-13-3-1-10(2-4-13)5-16(24-20(29)30)19(28)23-12-6-14-17-11(8-21-15(17)7-12)9-22-25-18(14)27/h1-4,6-9,16,21,24,26H,5H2,(H,23,28)(H,25,27)(H,29,30)/t16-/m1/s1. The smallest absolute Gasteiger partial charge is 0.405 e. The molecule has 0 spiro atoms. The molecule has 10 heteroatoms. The number of phenolic OH excluding ortho intramolecular Hbond substituents is 1. The number of hydrazone groups is 1. The summed E-state index contributed by atoms with van der Waals surface area (Å²) in [6.07, 6.45) is 1.95. The van der Waals surface area contributed by atoms with Crippen molar-refractivity contribution >= 4 is 40.7 Å². The van der Waals surface area contributed by atoms with Crippen LogP contribution in [0.2, 0.25) is 0 Å². The number of hydrogen-bond donors (Lipinski definition) is 6. The first-order valence-electron chi connectivity index (χ1n) is 8.97. The van der Waals surface area contributed by atoms with Crippen LogP contribution >= 0.6 is 0 Å². The van der Waals surface area contributed by atoms with E-state index >= 15 is 0 Å². The number of rotatable bonds is 5. The Balaban J connectivity index is 1.61. The fraction of sp³-hybridized carbons (Fsp3) is 0.100. The zero-order chi connectivity index (χ0) is 21.3. The molecule has 2 heterocycles. The highest BCUT2D eigenvalue weighted by Gasteiger charge is 2.23. The zero-order valence-corrected chi connectivity index (χ0v) is 15.5. The van der Waals surface area contributed by atoms with Gasteiger partial charge in [0.15, 0.2) is 0 Å². The van der Waals surface area contributed by atoms with E-state index in [1.165, 1.54) is 24.4 Å². The first-order chi connectivity index (χ1) is 14.4. The number of phenols is 1. The minimum absolute atomic E-state index is 0.0664. The van der Waals surface area contributed by atoms with Crippen molar-refractivity contribution in [3.05, 3.63) is 59.3 Å². The van der Waals surface area contributed by atoms with Crippen molar-refractivity contribution in [2.45, 2.75) is 12.5 Å². The summed E-state index contributed by atoms with van der Waals surface area (Å²) < 4.78 is 0. The minimum Gasteiger partial charge on any atom is -0.508 e. The lowest BCUT2D eigenvalue weighted by Gasteiger charge is -2.17. The Labute approximate surface area is 169 Å². The number of nitrogens with one attached hydrogen (secondary N) is 4. The number of aromatic amines is 1. The summed E-state index contributed by atoms with van der Waals surface area (Å²) in [5, 5.41) is 27.9. The molecule has 3 aromatic rings. The first-order valence-corrected chi connectivity index (χ1v) is 8.97. The second-order valence-corrected chi connectivity index (χ2v) is 6.75. The van der Waals surface area contributed by atoms with E-state index < -0.39 is 23.9 Å². The number of aromatic nitrogens is 1. The van der Waals surface area contributed by atoms with Crippen LogP contribution in [0.4, 0.5) is 10.5 Å². The predicted octanol–water partition coefficient (Wildman–Crippen LogP) is 1.77. The Morgan fingerprint density at radius 3 is 2.67 bits per heavy atom. The summed E-state index contributed by atoms with van der Waals surface area (Å²) in [6.45, 7) is 0. The van der Waals surface area contributed by atoms with E-state index in [9.17, 15) is 19.5 Å². The van der Waals surface area contributed by atoms with Gasteiger partial charge in [-0.15, -0.1) is 0 Å². The highest BCUT2D eigenvalue weighted by molar-refractivity contribution is 6.15. The van der Waals surface area contributed by atoms with Crippen LogP contribution in [0, 0.1) is 0 Å². The van der Waals surface area contributed by atoms with E-state index in [1.807, 2.05) is 0 Å². The van der Waals surface area contributed by atoms with Crippen LogP contribution < -0.4 is 16.1 Å². The lowest BCUT2D eigenvalue weighted by Crippen LogP contribution is -2.44. The third kappa shape index (κ3) is 3.78. The number of benzene rings is 2. The number of H-pyrrole nitrogens is 1. The Bertz CT molecular complexity index is 1180. The van der Waals surface area contributed by atoms with Crippen molar-refractivity contribution in [1.29, 1.82) is 0 Å². The summed E-state index contributed by atoms with van der Waals surface area (Å²) in [5.41, 5.74) is 5.08. The van der Waals surface area contributed by atoms with Crippen molar-refractivity contribution < 1.29 is 24.6 Å². The van der Waals surface area contributed by atoms with E-state index in [-0.39, 0.29) is 12.2 Å². The monoisotopic (exact) mass is 407 g/mol. The van der Waals surface area contributed by atoms with Gasteiger partial charge in [0.2, 0.25) is 5.91 Å². The summed E-state index contributed by atoms with van der Waals surface area (Å²) in [5.74, 6) is -0.944. The molecule has 2 aromatic carbocycles. The average molecular weight is 407 g/mol. The van der Waals surface area contributed by atoms with Crippen molar-refractivity contribution in [2.75, 3.05) is 5.32 Å². The zero-order valence-electron chi connectivity index (χ0n) is 15.5. The van der Waals surface area contributed by atoms with Gasteiger partial charge in [0.1, 0.15) is 11.8 Å². The molecule has 10 nitrogen and oxygen atoms in total. The SMILES string of the molecule is O=C(O)N[C@H](Cc1ccc(O)cc1)C(=O)Nc1cc2c3c(c[nH]c3c1)C=NNC2=O. The second-order valence-electron chi connectivity index (χ2n) is 6.75. The van der Waals surface area contributed by atoms with Crippen LogP contribution in [0.15, 0.2) is 47.7 Å². The molecule has 30 heavy (non-hydrogen) atoms. The van der Waals surface area contributed by atoms with Gasteiger partial charge in [0.05, 0.1) is 11.8 Å². The number of carbonyl (C=O) groups is 3. The maximum atomic E-state index is 12.8. The molecule has 0 radical (unpaired) electrons. The van der Waals surface area contributed by atoms with Crippen LogP contribution in [0.1, 0.15) is 21.5 Å².